The van der Waals surface area contributed by atoms with Gasteiger partial charge in [-0.3, -0.25) is 9.59 Å². The molecule has 3 rings (SSSR count). The van der Waals surface area contributed by atoms with Gasteiger partial charge in [-0.05, 0) is 31.0 Å². The summed E-state index contributed by atoms with van der Waals surface area (Å²) in [5.41, 5.74) is 2.04. The molecule has 0 radical (unpaired) electrons. The van der Waals surface area contributed by atoms with Gasteiger partial charge in [-0.2, -0.15) is 0 Å². The number of rotatable bonds is 2. The van der Waals surface area contributed by atoms with Gasteiger partial charge in [0, 0.05) is 25.7 Å². The second kappa shape index (κ2) is 5.16. The molecule has 2 heterocycles. The van der Waals surface area contributed by atoms with Gasteiger partial charge >= 0.3 is 5.97 Å². The van der Waals surface area contributed by atoms with Crippen molar-refractivity contribution in [2.75, 3.05) is 13.1 Å². The van der Waals surface area contributed by atoms with Crippen LogP contribution in [0, 0.1) is 5.92 Å². The van der Waals surface area contributed by atoms with Crippen molar-refractivity contribution in [2.45, 2.75) is 12.8 Å². The molecule has 1 aliphatic heterocycles. The van der Waals surface area contributed by atoms with Crippen LogP contribution < -0.4 is 0 Å². The zero-order chi connectivity index (χ0) is 15.0. The summed E-state index contributed by atoms with van der Waals surface area (Å²) < 4.78 is 1.64. The van der Waals surface area contributed by atoms with Crippen molar-refractivity contribution in [2.24, 2.45) is 13.0 Å². The van der Waals surface area contributed by atoms with Crippen molar-refractivity contribution < 1.29 is 14.7 Å². The van der Waals surface area contributed by atoms with Gasteiger partial charge in [-0.15, -0.1) is 5.10 Å². The molecule has 0 saturated carbocycles. The summed E-state index contributed by atoms with van der Waals surface area (Å²) >= 11 is 0. The predicted octanol–water partition coefficient (Wildman–Crippen LogP) is 0.905. The van der Waals surface area contributed by atoms with Crippen LogP contribution in [-0.4, -0.2) is 50.0 Å². The van der Waals surface area contributed by atoms with Crippen LogP contribution in [0.25, 0.3) is 11.0 Å². The van der Waals surface area contributed by atoms with Crippen LogP contribution in [-0.2, 0) is 11.8 Å². The monoisotopic (exact) mass is 288 g/mol. The number of benzene rings is 1. The number of carbonyl (C=O) groups is 2. The number of hydrogen-bond donors (Lipinski definition) is 1. The minimum atomic E-state index is -0.836. The standard InChI is InChI=1S/C14H16N4O3/c1-17-12-5-4-9(7-11(12)15-16-17)13(19)18-6-2-3-10(8-18)14(20)21/h4-5,7,10H,2-3,6,8H2,1H3,(H,20,21)/t10-/m0/s1. The maximum absolute atomic E-state index is 12.5. The lowest BCUT2D eigenvalue weighted by Crippen LogP contribution is -2.42. The number of fused-ring (bicyclic) bond motifs is 1. The Kier molecular flexibility index (Phi) is 3.32. The number of likely N-dealkylation sites (tertiary alicyclic amines) is 1. The van der Waals surface area contributed by atoms with Crippen LogP contribution in [0.2, 0.25) is 0 Å². The maximum atomic E-state index is 12.5. The molecule has 0 aliphatic carbocycles. The van der Waals surface area contributed by atoms with Gasteiger partial charge in [-0.1, -0.05) is 5.21 Å². The van der Waals surface area contributed by atoms with E-state index in [4.69, 9.17) is 5.11 Å². The number of carboxylic acids is 1. The molecule has 1 aromatic heterocycles. The summed E-state index contributed by atoms with van der Waals surface area (Å²) in [6.07, 6.45) is 1.35. The first-order valence-corrected chi connectivity index (χ1v) is 6.88. The van der Waals surface area contributed by atoms with E-state index in [0.717, 1.165) is 11.9 Å². The third kappa shape index (κ3) is 2.46. The second-order valence-electron chi connectivity index (χ2n) is 5.35. The van der Waals surface area contributed by atoms with E-state index in [1.54, 1.807) is 34.8 Å². The predicted molar refractivity (Wildman–Crippen MR) is 74.8 cm³/mol. The van der Waals surface area contributed by atoms with E-state index in [-0.39, 0.29) is 12.5 Å². The van der Waals surface area contributed by atoms with Crippen molar-refractivity contribution in [3.8, 4) is 0 Å². The lowest BCUT2D eigenvalue weighted by atomic mass is 9.97. The summed E-state index contributed by atoms with van der Waals surface area (Å²) in [6.45, 7) is 0.869. The molecule has 1 atom stereocenters. The number of carboxylic acid groups (broad SMARTS) is 1. The molecule has 1 aliphatic rings. The molecular weight excluding hydrogens is 272 g/mol. The van der Waals surface area contributed by atoms with E-state index in [1.165, 1.54) is 0 Å². The molecule has 110 valence electrons. The summed E-state index contributed by atoms with van der Waals surface area (Å²) in [4.78, 5) is 25.2. The van der Waals surface area contributed by atoms with Gasteiger partial charge in [0.25, 0.3) is 5.91 Å². The number of nitrogens with zero attached hydrogens (tertiary/aromatic N) is 4. The fraction of sp³-hybridized carbons (Fsp3) is 0.429. The summed E-state index contributed by atoms with van der Waals surface area (Å²) in [5.74, 6) is -1.45. The van der Waals surface area contributed by atoms with E-state index in [2.05, 4.69) is 10.3 Å². The summed E-state index contributed by atoms with van der Waals surface area (Å²) in [6, 6.07) is 5.24. The molecule has 1 aromatic carbocycles. The van der Waals surface area contributed by atoms with Crippen molar-refractivity contribution in [1.82, 2.24) is 19.9 Å². The van der Waals surface area contributed by atoms with E-state index >= 15 is 0 Å². The Hall–Kier alpha value is -2.44. The molecule has 7 heteroatoms. The van der Waals surface area contributed by atoms with Crippen LogP contribution in [0.1, 0.15) is 23.2 Å². The fourth-order valence-electron chi connectivity index (χ4n) is 2.72. The van der Waals surface area contributed by atoms with E-state index in [9.17, 15) is 9.59 Å². The molecule has 21 heavy (non-hydrogen) atoms. The average molecular weight is 288 g/mol. The van der Waals surface area contributed by atoms with Crippen LogP contribution in [0.15, 0.2) is 18.2 Å². The van der Waals surface area contributed by atoms with Gasteiger partial charge in [0.05, 0.1) is 11.4 Å². The fourth-order valence-corrected chi connectivity index (χ4v) is 2.72. The van der Waals surface area contributed by atoms with Crippen LogP contribution >= 0.6 is 0 Å². The second-order valence-corrected chi connectivity index (χ2v) is 5.35. The van der Waals surface area contributed by atoms with E-state index < -0.39 is 11.9 Å². The Morgan fingerprint density at radius 1 is 1.38 bits per heavy atom. The smallest absolute Gasteiger partial charge is 0.308 e. The van der Waals surface area contributed by atoms with Crippen molar-refractivity contribution in [3.05, 3.63) is 23.8 Å². The number of carbonyl (C=O) groups excluding carboxylic acids is 1. The molecule has 1 saturated heterocycles. The number of hydrogen-bond acceptors (Lipinski definition) is 4. The molecule has 0 bridgehead atoms. The molecule has 1 N–H and O–H groups in total. The largest absolute Gasteiger partial charge is 0.481 e. The highest BCUT2D eigenvalue weighted by atomic mass is 16.4. The lowest BCUT2D eigenvalue weighted by molar-refractivity contribution is -0.143. The average Bonchev–Trinajstić information content (AvgIpc) is 2.87. The topological polar surface area (TPSA) is 88.3 Å². The Bertz CT molecular complexity index is 709. The summed E-state index contributed by atoms with van der Waals surface area (Å²) in [5, 5.41) is 17.0. The highest BCUT2D eigenvalue weighted by Crippen LogP contribution is 2.20. The molecule has 2 aromatic rings. The van der Waals surface area contributed by atoms with Gasteiger partial charge in [0.15, 0.2) is 0 Å². The van der Waals surface area contributed by atoms with Crippen molar-refractivity contribution in [3.63, 3.8) is 0 Å². The van der Waals surface area contributed by atoms with Gasteiger partial charge in [0.2, 0.25) is 0 Å². The molecule has 0 unspecified atom stereocenters. The van der Waals surface area contributed by atoms with Crippen LogP contribution in [0.3, 0.4) is 0 Å². The first kappa shape index (κ1) is 13.5. The number of piperidine rings is 1. The van der Waals surface area contributed by atoms with Crippen molar-refractivity contribution in [1.29, 1.82) is 0 Å². The molecular formula is C14H16N4O3. The van der Waals surface area contributed by atoms with Gasteiger partial charge in [-0.25, -0.2) is 4.68 Å². The van der Waals surface area contributed by atoms with Crippen LogP contribution in [0.5, 0.6) is 0 Å². The zero-order valence-electron chi connectivity index (χ0n) is 11.7. The number of amides is 1. The first-order valence-electron chi connectivity index (χ1n) is 6.88. The van der Waals surface area contributed by atoms with Gasteiger partial charge < -0.3 is 10.0 Å². The van der Waals surface area contributed by atoms with Crippen molar-refractivity contribution >= 4 is 22.9 Å². The third-order valence-electron chi connectivity index (χ3n) is 3.92. The number of aromatic nitrogens is 3. The molecule has 1 fully saturated rings. The minimum Gasteiger partial charge on any atom is -0.481 e. The van der Waals surface area contributed by atoms with E-state index in [1.807, 2.05) is 0 Å². The SMILES string of the molecule is Cn1nnc2cc(C(=O)N3CCC[C@H](C(=O)O)C3)ccc21. The van der Waals surface area contributed by atoms with Crippen LogP contribution in [0.4, 0.5) is 0 Å². The molecule has 0 spiro atoms. The Morgan fingerprint density at radius 3 is 2.95 bits per heavy atom. The highest BCUT2D eigenvalue weighted by molar-refractivity contribution is 5.97. The first-order chi connectivity index (χ1) is 10.1. The maximum Gasteiger partial charge on any atom is 0.308 e. The minimum absolute atomic E-state index is 0.145. The zero-order valence-corrected chi connectivity index (χ0v) is 11.7. The van der Waals surface area contributed by atoms with Gasteiger partial charge in [0.1, 0.15) is 5.52 Å². The number of aliphatic carboxylic acids is 1. The Balaban J connectivity index is 1.84. The molecule has 1 amide bonds. The quantitative estimate of drug-likeness (QED) is 0.887. The molecule has 7 nitrogen and oxygen atoms in total. The number of aryl methyl sites for hydroxylation is 1. The Morgan fingerprint density at radius 2 is 2.19 bits per heavy atom. The Labute approximate surface area is 121 Å². The third-order valence-corrected chi connectivity index (χ3v) is 3.92. The summed E-state index contributed by atoms with van der Waals surface area (Å²) in [7, 11) is 1.79. The normalized spacial score (nSPS) is 18.9. The highest BCUT2D eigenvalue weighted by Gasteiger charge is 2.28. The lowest BCUT2D eigenvalue weighted by Gasteiger charge is -2.30. The van der Waals surface area contributed by atoms with E-state index in [0.29, 0.717) is 24.0 Å².